The van der Waals surface area contributed by atoms with Crippen LogP contribution in [-0.2, 0) is 4.79 Å². The van der Waals surface area contributed by atoms with Crippen molar-refractivity contribution in [3.05, 3.63) is 0 Å². The molecule has 1 saturated carbocycles. The van der Waals surface area contributed by atoms with Gasteiger partial charge in [-0.25, -0.2) is 4.79 Å². The highest BCUT2D eigenvalue weighted by Crippen LogP contribution is 2.44. The number of rotatable bonds is 5. The molecule has 0 aliphatic heterocycles. The van der Waals surface area contributed by atoms with Crippen molar-refractivity contribution in [2.24, 2.45) is 5.41 Å². The van der Waals surface area contributed by atoms with Crippen molar-refractivity contribution < 1.29 is 14.7 Å². The van der Waals surface area contributed by atoms with E-state index in [9.17, 15) is 9.59 Å². The first kappa shape index (κ1) is 14.8. The smallest absolute Gasteiger partial charge is 0.317 e. The molecule has 0 saturated heterocycles. The van der Waals surface area contributed by atoms with Gasteiger partial charge in [0, 0.05) is 18.6 Å². The van der Waals surface area contributed by atoms with Crippen LogP contribution in [0.3, 0.4) is 0 Å². The highest BCUT2D eigenvalue weighted by molar-refractivity contribution is 5.76. The Morgan fingerprint density at radius 2 is 1.89 bits per heavy atom. The Bertz CT molecular complexity index is 330. The molecule has 5 nitrogen and oxygen atoms in total. The summed E-state index contributed by atoms with van der Waals surface area (Å²) >= 11 is 0. The quantitative estimate of drug-likeness (QED) is 0.791. The number of hydrogen-bond acceptors (Lipinski definition) is 2. The third kappa shape index (κ3) is 4.55. The number of nitrogens with zero attached hydrogens (tertiary/aromatic N) is 1. The number of hydrogen-bond donors (Lipinski definition) is 2. The molecule has 0 aromatic carbocycles. The Kier molecular flexibility index (Phi) is 4.24. The molecular weight excluding hydrogens is 232 g/mol. The molecule has 104 valence electrons. The number of carbonyl (C=O) groups is 2. The maximum atomic E-state index is 12.1. The number of carboxylic acids is 1. The average Bonchev–Trinajstić information content (AvgIpc) is 2.92. The lowest BCUT2D eigenvalue weighted by molar-refractivity contribution is -0.137. The van der Waals surface area contributed by atoms with Gasteiger partial charge in [0.2, 0.25) is 0 Å². The van der Waals surface area contributed by atoms with Gasteiger partial charge in [0.15, 0.2) is 0 Å². The zero-order chi connectivity index (χ0) is 14.0. The van der Waals surface area contributed by atoms with Crippen LogP contribution in [0.15, 0.2) is 0 Å². The van der Waals surface area contributed by atoms with Crippen molar-refractivity contribution in [3.63, 3.8) is 0 Å². The molecule has 1 aliphatic rings. The minimum absolute atomic E-state index is 0.0258. The molecule has 1 fully saturated rings. The van der Waals surface area contributed by atoms with E-state index in [0.29, 0.717) is 6.54 Å². The van der Waals surface area contributed by atoms with Crippen molar-refractivity contribution in [2.45, 2.75) is 52.5 Å². The van der Waals surface area contributed by atoms with Gasteiger partial charge in [-0.3, -0.25) is 4.79 Å². The zero-order valence-electron chi connectivity index (χ0n) is 11.7. The summed E-state index contributed by atoms with van der Waals surface area (Å²) in [7, 11) is 0. The van der Waals surface area contributed by atoms with E-state index in [4.69, 9.17) is 5.11 Å². The molecule has 0 aromatic rings. The second-order valence-corrected chi connectivity index (χ2v) is 6.44. The summed E-state index contributed by atoms with van der Waals surface area (Å²) in [6.45, 7) is 8.78. The maximum absolute atomic E-state index is 12.1. The number of carbonyl (C=O) groups excluding carboxylic acids is 1. The number of aliphatic carboxylic acids is 1. The first-order valence-corrected chi connectivity index (χ1v) is 6.41. The fourth-order valence-corrected chi connectivity index (χ4v) is 1.72. The molecule has 0 radical (unpaired) electrons. The van der Waals surface area contributed by atoms with E-state index in [2.05, 4.69) is 12.2 Å². The Morgan fingerprint density at radius 1 is 1.33 bits per heavy atom. The minimum atomic E-state index is -0.883. The zero-order valence-corrected chi connectivity index (χ0v) is 11.7. The van der Waals surface area contributed by atoms with Crippen molar-refractivity contribution >= 4 is 12.0 Å². The Labute approximate surface area is 109 Å². The summed E-state index contributed by atoms with van der Waals surface area (Å²) in [5.41, 5.74) is -0.115. The fraction of sp³-hybridized carbons (Fsp3) is 0.846. The molecule has 18 heavy (non-hydrogen) atoms. The van der Waals surface area contributed by atoms with Gasteiger partial charge in [-0.1, -0.05) is 6.92 Å². The van der Waals surface area contributed by atoms with Crippen molar-refractivity contribution in [3.8, 4) is 0 Å². The largest absolute Gasteiger partial charge is 0.481 e. The van der Waals surface area contributed by atoms with Crippen LogP contribution in [0.25, 0.3) is 0 Å². The van der Waals surface area contributed by atoms with Crippen LogP contribution in [0, 0.1) is 5.41 Å². The van der Waals surface area contributed by atoms with Crippen LogP contribution in [-0.4, -0.2) is 40.6 Å². The molecule has 2 N–H and O–H groups in total. The normalized spacial score (nSPS) is 17.1. The van der Waals surface area contributed by atoms with Crippen LogP contribution in [0.5, 0.6) is 0 Å². The Balaban J connectivity index is 2.52. The van der Waals surface area contributed by atoms with Gasteiger partial charge < -0.3 is 15.3 Å². The lowest BCUT2D eigenvalue weighted by atomic mass is 10.1. The molecule has 5 heteroatoms. The Morgan fingerprint density at radius 3 is 2.28 bits per heavy atom. The highest BCUT2D eigenvalue weighted by atomic mass is 16.4. The number of carboxylic acid groups (broad SMARTS) is 1. The summed E-state index contributed by atoms with van der Waals surface area (Å²) in [6, 6.07) is -0.170. The minimum Gasteiger partial charge on any atom is -0.481 e. The van der Waals surface area contributed by atoms with E-state index in [1.165, 1.54) is 0 Å². The van der Waals surface area contributed by atoms with Gasteiger partial charge in [-0.05, 0) is 39.0 Å². The molecule has 0 unspecified atom stereocenters. The topological polar surface area (TPSA) is 69.6 Å². The summed E-state index contributed by atoms with van der Waals surface area (Å²) in [5, 5.41) is 11.6. The van der Waals surface area contributed by atoms with Gasteiger partial charge in [-0.2, -0.15) is 0 Å². The van der Waals surface area contributed by atoms with Crippen LogP contribution < -0.4 is 5.32 Å². The van der Waals surface area contributed by atoms with Crippen LogP contribution in [0.4, 0.5) is 4.79 Å². The lowest BCUT2D eigenvalue weighted by Crippen LogP contribution is -2.51. The van der Waals surface area contributed by atoms with E-state index in [0.717, 1.165) is 12.8 Å². The molecule has 0 spiro atoms. The van der Waals surface area contributed by atoms with E-state index in [1.807, 2.05) is 20.8 Å². The monoisotopic (exact) mass is 256 g/mol. The summed E-state index contributed by atoms with van der Waals surface area (Å²) in [5.74, 6) is -0.883. The summed E-state index contributed by atoms with van der Waals surface area (Å²) in [6.07, 6.45) is 2.28. The van der Waals surface area contributed by atoms with Crippen molar-refractivity contribution in [2.75, 3.05) is 13.1 Å². The first-order valence-electron chi connectivity index (χ1n) is 6.41. The van der Waals surface area contributed by atoms with E-state index >= 15 is 0 Å². The second-order valence-electron chi connectivity index (χ2n) is 6.44. The molecule has 2 amide bonds. The van der Waals surface area contributed by atoms with E-state index < -0.39 is 5.97 Å². The van der Waals surface area contributed by atoms with Gasteiger partial charge in [-0.15, -0.1) is 0 Å². The van der Waals surface area contributed by atoms with Gasteiger partial charge in [0.1, 0.15) is 0 Å². The molecular formula is C13H24N2O3. The third-order valence-corrected chi connectivity index (χ3v) is 3.37. The first-order chi connectivity index (χ1) is 8.14. The van der Waals surface area contributed by atoms with Crippen LogP contribution >= 0.6 is 0 Å². The van der Waals surface area contributed by atoms with E-state index in [1.54, 1.807) is 4.90 Å². The predicted octanol–water partition coefficient (Wildman–Crippen LogP) is 2.07. The second kappa shape index (κ2) is 5.16. The molecule has 1 rings (SSSR count). The van der Waals surface area contributed by atoms with Gasteiger partial charge in [0.05, 0.1) is 6.42 Å². The summed E-state index contributed by atoms with van der Waals surface area (Å²) < 4.78 is 0. The van der Waals surface area contributed by atoms with Crippen LogP contribution in [0.2, 0.25) is 0 Å². The standard InChI is InChI=1S/C13H24N2O3/c1-12(2,3)15(8-5-10(16)17)11(18)14-9-13(4)6-7-13/h5-9H2,1-4H3,(H,14,18)(H,16,17). The SMILES string of the molecule is CC1(CNC(=O)N(CCC(=O)O)C(C)(C)C)CC1. The number of nitrogens with one attached hydrogen (secondary N) is 1. The number of urea groups is 1. The molecule has 0 aromatic heterocycles. The van der Waals surface area contributed by atoms with E-state index in [-0.39, 0.29) is 30.0 Å². The predicted molar refractivity (Wildman–Crippen MR) is 69.5 cm³/mol. The highest BCUT2D eigenvalue weighted by Gasteiger charge is 2.38. The fourth-order valence-electron chi connectivity index (χ4n) is 1.72. The van der Waals surface area contributed by atoms with Crippen molar-refractivity contribution in [1.29, 1.82) is 0 Å². The van der Waals surface area contributed by atoms with Gasteiger partial charge >= 0.3 is 12.0 Å². The Hall–Kier alpha value is -1.26. The van der Waals surface area contributed by atoms with Crippen molar-refractivity contribution in [1.82, 2.24) is 10.2 Å². The number of amides is 2. The maximum Gasteiger partial charge on any atom is 0.317 e. The molecule has 0 bridgehead atoms. The molecule has 0 heterocycles. The van der Waals surface area contributed by atoms with Crippen LogP contribution in [0.1, 0.15) is 47.0 Å². The molecule has 0 atom stereocenters. The molecule has 1 aliphatic carbocycles. The average molecular weight is 256 g/mol. The lowest BCUT2D eigenvalue weighted by Gasteiger charge is -2.35. The summed E-state index contributed by atoms with van der Waals surface area (Å²) in [4.78, 5) is 24.3. The van der Waals surface area contributed by atoms with Gasteiger partial charge in [0.25, 0.3) is 0 Å². The third-order valence-electron chi connectivity index (χ3n) is 3.37.